The number of carbonyl (C=O) groups is 1. The molecule has 1 aliphatic carbocycles. The molecule has 6 heteroatoms. The summed E-state index contributed by atoms with van der Waals surface area (Å²) in [6.07, 6.45) is 5.37. The Labute approximate surface area is 143 Å². The summed E-state index contributed by atoms with van der Waals surface area (Å²) in [6, 6.07) is 4.52. The van der Waals surface area contributed by atoms with Gasteiger partial charge in [-0.25, -0.2) is 0 Å². The largest absolute Gasteiger partial charge is 0.497 e. The molecule has 6 nitrogen and oxygen atoms in total. The third kappa shape index (κ3) is 4.85. The van der Waals surface area contributed by atoms with Crippen molar-refractivity contribution < 1.29 is 19.4 Å². The number of benzene rings is 1. The number of rotatable bonds is 7. The molecule has 4 N–H and O–H groups in total. The number of anilines is 1. The van der Waals surface area contributed by atoms with Gasteiger partial charge in [-0.2, -0.15) is 0 Å². The molecule has 0 saturated heterocycles. The minimum Gasteiger partial charge on any atom is -0.497 e. The Morgan fingerprint density at radius 1 is 1.29 bits per heavy atom. The molecule has 134 valence electrons. The summed E-state index contributed by atoms with van der Waals surface area (Å²) in [7, 11) is 3.06. The first-order chi connectivity index (χ1) is 11.5. The molecule has 0 aliphatic heterocycles. The van der Waals surface area contributed by atoms with Crippen molar-refractivity contribution in [2.45, 2.75) is 50.7 Å². The van der Waals surface area contributed by atoms with Crippen LogP contribution in [0.1, 0.15) is 38.5 Å². The Morgan fingerprint density at radius 3 is 2.62 bits per heavy atom. The molecule has 24 heavy (non-hydrogen) atoms. The zero-order valence-corrected chi connectivity index (χ0v) is 14.5. The van der Waals surface area contributed by atoms with Crippen molar-refractivity contribution in [3.05, 3.63) is 18.2 Å². The van der Waals surface area contributed by atoms with E-state index >= 15 is 0 Å². The summed E-state index contributed by atoms with van der Waals surface area (Å²) >= 11 is 0. The van der Waals surface area contributed by atoms with Crippen molar-refractivity contribution in [1.82, 2.24) is 0 Å². The lowest BCUT2D eigenvalue weighted by Gasteiger charge is -2.26. The van der Waals surface area contributed by atoms with Crippen molar-refractivity contribution >= 4 is 11.6 Å². The second-order valence-corrected chi connectivity index (χ2v) is 6.40. The highest BCUT2D eigenvalue weighted by atomic mass is 16.5. The topological polar surface area (TPSA) is 93.8 Å². The number of aliphatic hydroxyl groups excluding tert-OH is 1. The van der Waals surface area contributed by atoms with Gasteiger partial charge in [0, 0.05) is 12.1 Å². The molecule has 2 atom stereocenters. The molecule has 1 fully saturated rings. The monoisotopic (exact) mass is 336 g/mol. The van der Waals surface area contributed by atoms with Crippen LogP contribution in [0.25, 0.3) is 0 Å². The quantitative estimate of drug-likeness (QED) is 0.710. The maximum atomic E-state index is 12.3. The number of hydrogen-bond donors (Lipinski definition) is 3. The Morgan fingerprint density at radius 2 is 2.00 bits per heavy atom. The maximum absolute atomic E-state index is 12.3. The van der Waals surface area contributed by atoms with Crippen LogP contribution in [0.3, 0.4) is 0 Å². The molecule has 1 aliphatic rings. The predicted octanol–water partition coefficient (Wildman–Crippen LogP) is 2.30. The summed E-state index contributed by atoms with van der Waals surface area (Å²) in [6.45, 7) is 0. The summed E-state index contributed by atoms with van der Waals surface area (Å²) in [5, 5.41) is 12.9. The van der Waals surface area contributed by atoms with Gasteiger partial charge < -0.3 is 25.6 Å². The van der Waals surface area contributed by atoms with E-state index in [1.54, 1.807) is 25.3 Å². The van der Waals surface area contributed by atoms with Gasteiger partial charge in [0.1, 0.15) is 17.6 Å². The molecule has 0 aromatic heterocycles. The van der Waals surface area contributed by atoms with Gasteiger partial charge in [0.05, 0.1) is 19.9 Å². The maximum Gasteiger partial charge on any atom is 0.254 e. The first-order valence-electron chi connectivity index (χ1n) is 8.51. The van der Waals surface area contributed by atoms with Crippen LogP contribution in [0, 0.1) is 5.92 Å². The number of hydrogen-bond acceptors (Lipinski definition) is 5. The Kier molecular flexibility index (Phi) is 6.87. The van der Waals surface area contributed by atoms with E-state index in [1.165, 1.54) is 26.4 Å². The van der Waals surface area contributed by atoms with Crippen LogP contribution in [0.2, 0.25) is 0 Å². The number of nitrogens with two attached hydrogens (primary N) is 1. The lowest BCUT2D eigenvalue weighted by Crippen LogP contribution is -2.44. The second kappa shape index (κ2) is 8.89. The molecule has 1 amide bonds. The first kappa shape index (κ1) is 18.5. The number of nitrogens with one attached hydrogen (secondary N) is 1. The van der Waals surface area contributed by atoms with Crippen LogP contribution in [-0.2, 0) is 4.79 Å². The van der Waals surface area contributed by atoms with Gasteiger partial charge in [0.25, 0.3) is 5.91 Å². The van der Waals surface area contributed by atoms with Gasteiger partial charge >= 0.3 is 0 Å². The smallest absolute Gasteiger partial charge is 0.254 e. The van der Waals surface area contributed by atoms with Crippen molar-refractivity contribution in [3.63, 3.8) is 0 Å². The highest BCUT2D eigenvalue weighted by Crippen LogP contribution is 2.30. The molecule has 0 heterocycles. The van der Waals surface area contributed by atoms with Gasteiger partial charge in [-0.1, -0.05) is 32.1 Å². The van der Waals surface area contributed by atoms with Gasteiger partial charge in [0.15, 0.2) is 0 Å². The second-order valence-electron chi connectivity index (χ2n) is 6.40. The van der Waals surface area contributed by atoms with Crippen LogP contribution in [-0.4, -0.2) is 37.4 Å². The zero-order valence-electron chi connectivity index (χ0n) is 14.5. The first-order valence-corrected chi connectivity index (χ1v) is 8.51. The Bertz CT molecular complexity index is 544. The van der Waals surface area contributed by atoms with Gasteiger partial charge in [0.2, 0.25) is 0 Å². The van der Waals surface area contributed by atoms with Gasteiger partial charge in [-0.15, -0.1) is 0 Å². The average molecular weight is 336 g/mol. The minimum absolute atomic E-state index is 0.450. The van der Waals surface area contributed by atoms with Crippen LogP contribution in [0.15, 0.2) is 18.2 Å². The van der Waals surface area contributed by atoms with E-state index in [1.807, 2.05) is 0 Å². The third-order valence-electron chi connectivity index (χ3n) is 4.67. The van der Waals surface area contributed by atoms with E-state index in [-0.39, 0.29) is 0 Å². The van der Waals surface area contributed by atoms with Gasteiger partial charge in [-0.05, 0) is 24.5 Å². The fourth-order valence-electron chi connectivity index (χ4n) is 3.25. The number of aliphatic hydroxyl groups is 1. The zero-order chi connectivity index (χ0) is 17.5. The van der Waals surface area contributed by atoms with E-state index < -0.39 is 18.1 Å². The summed E-state index contributed by atoms with van der Waals surface area (Å²) in [4.78, 5) is 12.3. The summed E-state index contributed by atoms with van der Waals surface area (Å²) in [5.41, 5.74) is 6.51. The molecule has 2 rings (SSSR count). The van der Waals surface area contributed by atoms with E-state index in [9.17, 15) is 9.90 Å². The number of carbonyl (C=O) groups excluding carboxylic acids is 1. The van der Waals surface area contributed by atoms with Crippen LogP contribution in [0.4, 0.5) is 5.69 Å². The van der Waals surface area contributed by atoms with E-state index in [2.05, 4.69) is 5.32 Å². The molecule has 1 aromatic rings. The van der Waals surface area contributed by atoms with E-state index in [0.717, 1.165) is 12.8 Å². The van der Waals surface area contributed by atoms with Crippen LogP contribution >= 0.6 is 0 Å². The summed E-state index contributed by atoms with van der Waals surface area (Å²) in [5.74, 6) is 1.07. The normalized spacial score (nSPS) is 17.8. The van der Waals surface area contributed by atoms with E-state index in [0.29, 0.717) is 29.5 Å². The van der Waals surface area contributed by atoms with Crippen molar-refractivity contribution in [2.24, 2.45) is 11.7 Å². The Hall–Kier alpha value is -1.79. The molecule has 0 radical (unpaired) electrons. The van der Waals surface area contributed by atoms with Crippen molar-refractivity contribution in [3.8, 4) is 11.5 Å². The fourth-order valence-corrected chi connectivity index (χ4v) is 3.25. The summed E-state index contributed by atoms with van der Waals surface area (Å²) < 4.78 is 10.4. The predicted molar refractivity (Wildman–Crippen MR) is 93.3 cm³/mol. The molecule has 0 bridgehead atoms. The van der Waals surface area contributed by atoms with Crippen molar-refractivity contribution in [1.29, 1.82) is 0 Å². The lowest BCUT2D eigenvalue weighted by molar-refractivity contribution is -0.125. The molecular formula is C18H28N2O4. The highest BCUT2D eigenvalue weighted by Gasteiger charge is 2.27. The lowest BCUT2D eigenvalue weighted by atomic mass is 9.84. The Balaban J connectivity index is 1.97. The SMILES string of the molecule is COc1ccc(OC)c(NC(=O)C(O)[C@H](N)CC2CCCCC2)c1. The number of methoxy groups -OCH3 is 2. The molecule has 0 spiro atoms. The van der Waals surface area contributed by atoms with Crippen LogP contribution in [0.5, 0.6) is 11.5 Å². The fraction of sp³-hybridized carbons (Fsp3) is 0.611. The standard InChI is InChI=1S/C18H28N2O4/c1-23-13-8-9-16(24-2)15(11-13)20-18(22)17(21)14(19)10-12-6-4-3-5-7-12/h8-9,11-12,14,17,21H,3-7,10,19H2,1-2H3,(H,20,22)/t14-,17?/m1/s1. The minimum atomic E-state index is -1.25. The van der Waals surface area contributed by atoms with Gasteiger partial charge in [-0.3, -0.25) is 4.79 Å². The number of amides is 1. The third-order valence-corrected chi connectivity index (χ3v) is 4.67. The molecular weight excluding hydrogens is 308 g/mol. The highest BCUT2D eigenvalue weighted by molar-refractivity contribution is 5.96. The molecule has 1 aromatic carbocycles. The molecule has 1 saturated carbocycles. The molecule has 1 unspecified atom stereocenters. The average Bonchev–Trinajstić information content (AvgIpc) is 2.61. The van der Waals surface area contributed by atoms with Crippen molar-refractivity contribution in [2.75, 3.05) is 19.5 Å². The number of ether oxygens (including phenoxy) is 2. The van der Waals surface area contributed by atoms with E-state index in [4.69, 9.17) is 15.2 Å². The van der Waals surface area contributed by atoms with Crippen LogP contribution < -0.4 is 20.5 Å².